The fourth-order valence-electron chi connectivity index (χ4n) is 1.82. The van der Waals surface area contributed by atoms with Gasteiger partial charge in [-0.15, -0.1) is 11.6 Å². The first-order chi connectivity index (χ1) is 9.20. The third-order valence-electron chi connectivity index (χ3n) is 2.90. The molecule has 0 bridgehead atoms. The van der Waals surface area contributed by atoms with Crippen molar-refractivity contribution in [2.75, 3.05) is 6.54 Å². The Kier molecular flexibility index (Phi) is 4.58. The van der Waals surface area contributed by atoms with E-state index < -0.39 is 0 Å². The number of benzene rings is 1. The van der Waals surface area contributed by atoms with Gasteiger partial charge in [0.05, 0.1) is 0 Å². The molecule has 4 nitrogen and oxygen atoms in total. The zero-order valence-electron chi connectivity index (χ0n) is 10.8. The predicted molar refractivity (Wildman–Crippen MR) is 75.2 cm³/mol. The molecule has 1 N–H and O–H groups in total. The van der Waals surface area contributed by atoms with Crippen LogP contribution in [-0.2, 0) is 19.3 Å². The van der Waals surface area contributed by atoms with Crippen molar-refractivity contribution in [2.24, 2.45) is 7.05 Å². The molecular weight excluding hydrogens is 262 g/mol. The molecule has 0 spiro atoms. The summed E-state index contributed by atoms with van der Waals surface area (Å²) in [5, 5.41) is 2.88. The number of carbonyl (C=O) groups is 1. The number of hydrogen-bond donors (Lipinski definition) is 1. The standard InChI is InChI=1S/C14H16ClN3O/c1-18-8-7-16-13(18)5-6-17-14(19)12-4-2-3-11(9-12)10-15/h2-4,7-9H,5-6,10H2,1H3,(H,17,19). The van der Waals surface area contributed by atoms with Gasteiger partial charge >= 0.3 is 0 Å². The second-order valence-corrected chi connectivity index (χ2v) is 4.56. The summed E-state index contributed by atoms with van der Waals surface area (Å²) in [6, 6.07) is 7.33. The number of nitrogens with one attached hydrogen (secondary N) is 1. The molecule has 0 saturated heterocycles. The van der Waals surface area contributed by atoms with E-state index in [1.54, 1.807) is 12.3 Å². The lowest BCUT2D eigenvalue weighted by Crippen LogP contribution is -2.26. The highest BCUT2D eigenvalue weighted by Gasteiger charge is 2.06. The van der Waals surface area contributed by atoms with Gasteiger partial charge in [-0.1, -0.05) is 12.1 Å². The van der Waals surface area contributed by atoms with E-state index in [-0.39, 0.29) is 5.91 Å². The third kappa shape index (κ3) is 3.58. The fraction of sp³-hybridized carbons (Fsp3) is 0.286. The molecular formula is C14H16ClN3O. The lowest BCUT2D eigenvalue weighted by molar-refractivity contribution is 0.0954. The molecule has 0 aliphatic heterocycles. The number of nitrogens with zero attached hydrogens (tertiary/aromatic N) is 2. The van der Waals surface area contributed by atoms with Gasteiger partial charge in [0.25, 0.3) is 5.91 Å². The van der Waals surface area contributed by atoms with Gasteiger partial charge < -0.3 is 9.88 Å². The molecule has 1 aromatic heterocycles. The molecule has 2 aromatic rings. The molecule has 19 heavy (non-hydrogen) atoms. The van der Waals surface area contributed by atoms with E-state index in [4.69, 9.17) is 11.6 Å². The fourth-order valence-corrected chi connectivity index (χ4v) is 1.99. The number of amides is 1. The van der Waals surface area contributed by atoms with Crippen LogP contribution in [0.3, 0.4) is 0 Å². The van der Waals surface area contributed by atoms with Gasteiger partial charge in [-0.05, 0) is 17.7 Å². The highest BCUT2D eigenvalue weighted by Crippen LogP contribution is 2.07. The summed E-state index contributed by atoms with van der Waals surface area (Å²) in [5.41, 5.74) is 1.58. The summed E-state index contributed by atoms with van der Waals surface area (Å²) < 4.78 is 1.94. The average Bonchev–Trinajstić information content (AvgIpc) is 2.84. The van der Waals surface area contributed by atoms with Crippen molar-refractivity contribution in [3.63, 3.8) is 0 Å². The van der Waals surface area contributed by atoms with Crippen molar-refractivity contribution in [1.82, 2.24) is 14.9 Å². The topological polar surface area (TPSA) is 46.9 Å². The summed E-state index contributed by atoms with van der Waals surface area (Å²) in [6.45, 7) is 0.564. The zero-order chi connectivity index (χ0) is 13.7. The molecule has 5 heteroatoms. The summed E-state index contributed by atoms with van der Waals surface area (Å²) >= 11 is 5.75. The van der Waals surface area contributed by atoms with Crippen molar-refractivity contribution in [2.45, 2.75) is 12.3 Å². The van der Waals surface area contributed by atoms with Gasteiger partial charge in [-0.25, -0.2) is 4.98 Å². The van der Waals surface area contributed by atoms with Crippen molar-refractivity contribution < 1.29 is 4.79 Å². The van der Waals surface area contributed by atoms with E-state index in [9.17, 15) is 4.79 Å². The highest BCUT2D eigenvalue weighted by atomic mass is 35.5. The molecule has 1 aromatic carbocycles. The molecule has 0 fully saturated rings. The Morgan fingerprint density at radius 2 is 2.32 bits per heavy atom. The van der Waals surface area contributed by atoms with Gasteiger partial charge in [0.2, 0.25) is 0 Å². The smallest absolute Gasteiger partial charge is 0.251 e. The number of imidazole rings is 1. The van der Waals surface area contributed by atoms with Crippen LogP contribution < -0.4 is 5.32 Å². The maximum atomic E-state index is 11.9. The van der Waals surface area contributed by atoms with Crippen LogP contribution in [0.1, 0.15) is 21.7 Å². The molecule has 1 heterocycles. The minimum absolute atomic E-state index is 0.0822. The molecule has 0 aliphatic rings. The maximum absolute atomic E-state index is 11.9. The van der Waals surface area contributed by atoms with Crippen molar-refractivity contribution in [3.05, 3.63) is 53.6 Å². The van der Waals surface area contributed by atoms with Crippen LogP contribution in [0.2, 0.25) is 0 Å². The average molecular weight is 278 g/mol. The van der Waals surface area contributed by atoms with Crippen LogP contribution >= 0.6 is 11.6 Å². The van der Waals surface area contributed by atoms with Gasteiger partial charge in [0.15, 0.2) is 0 Å². The van der Waals surface area contributed by atoms with Crippen LogP contribution in [-0.4, -0.2) is 22.0 Å². The number of aryl methyl sites for hydroxylation is 1. The first kappa shape index (κ1) is 13.6. The van der Waals surface area contributed by atoms with Crippen molar-refractivity contribution >= 4 is 17.5 Å². The minimum Gasteiger partial charge on any atom is -0.352 e. The minimum atomic E-state index is -0.0822. The quantitative estimate of drug-likeness (QED) is 0.851. The first-order valence-corrected chi connectivity index (χ1v) is 6.63. The Bertz CT molecular complexity index is 565. The molecule has 100 valence electrons. The summed E-state index contributed by atoms with van der Waals surface area (Å²) in [4.78, 5) is 16.2. The number of alkyl halides is 1. The second-order valence-electron chi connectivity index (χ2n) is 4.29. The van der Waals surface area contributed by atoms with E-state index in [0.717, 1.165) is 11.4 Å². The van der Waals surface area contributed by atoms with Gasteiger partial charge in [0, 0.05) is 43.9 Å². The molecule has 0 atom stereocenters. The predicted octanol–water partition coefficient (Wildman–Crippen LogP) is 2.13. The van der Waals surface area contributed by atoms with E-state index in [0.29, 0.717) is 24.4 Å². The Morgan fingerprint density at radius 1 is 1.47 bits per heavy atom. The van der Waals surface area contributed by atoms with E-state index in [1.165, 1.54) is 0 Å². The Balaban J connectivity index is 1.89. The van der Waals surface area contributed by atoms with E-state index >= 15 is 0 Å². The van der Waals surface area contributed by atoms with Crippen molar-refractivity contribution in [3.8, 4) is 0 Å². The van der Waals surface area contributed by atoms with E-state index in [2.05, 4.69) is 10.3 Å². The number of carbonyl (C=O) groups excluding carboxylic acids is 1. The number of halogens is 1. The van der Waals surface area contributed by atoms with Crippen LogP contribution in [0, 0.1) is 0 Å². The lowest BCUT2D eigenvalue weighted by atomic mass is 10.1. The summed E-state index contributed by atoms with van der Waals surface area (Å²) in [6.07, 6.45) is 4.35. The molecule has 1 amide bonds. The summed E-state index contributed by atoms with van der Waals surface area (Å²) in [7, 11) is 1.94. The number of rotatable bonds is 5. The molecule has 0 unspecified atom stereocenters. The molecule has 0 radical (unpaired) electrons. The van der Waals surface area contributed by atoms with Crippen LogP contribution in [0.15, 0.2) is 36.7 Å². The van der Waals surface area contributed by atoms with Crippen LogP contribution in [0.5, 0.6) is 0 Å². The Labute approximate surface area is 117 Å². The van der Waals surface area contributed by atoms with E-state index in [1.807, 2.05) is 36.0 Å². The normalized spacial score (nSPS) is 10.4. The zero-order valence-corrected chi connectivity index (χ0v) is 11.5. The molecule has 0 saturated carbocycles. The largest absolute Gasteiger partial charge is 0.352 e. The van der Waals surface area contributed by atoms with Gasteiger partial charge in [0.1, 0.15) is 5.82 Å². The Morgan fingerprint density at radius 3 is 3.00 bits per heavy atom. The molecule has 2 rings (SSSR count). The van der Waals surface area contributed by atoms with Crippen molar-refractivity contribution in [1.29, 1.82) is 0 Å². The van der Waals surface area contributed by atoms with Gasteiger partial charge in [-0.2, -0.15) is 0 Å². The SMILES string of the molecule is Cn1ccnc1CCNC(=O)c1cccc(CCl)c1. The Hall–Kier alpha value is -1.81. The third-order valence-corrected chi connectivity index (χ3v) is 3.21. The lowest BCUT2D eigenvalue weighted by Gasteiger charge is -2.06. The second kappa shape index (κ2) is 6.38. The molecule has 0 aliphatic carbocycles. The maximum Gasteiger partial charge on any atom is 0.251 e. The summed E-state index contributed by atoms with van der Waals surface area (Å²) in [5.74, 6) is 1.28. The monoisotopic (exact) mass is 277 g/mol. The number of aromatic nitrogens is 2. The van der Waals surface area contributed by atoms with Gasteiger partial charge in [-0.3, -0.25) is 4.79 Å². The van der Waals surface area contributed by atoms with Crippen LogP contribution in [0.4, 0.5) is 0 Å². The highest BCUT2D eigenvalue weighted by molar-refractivity contribution is 6.17. The first-order valence-electron chi connectivity index (χ1n) is 6.10. The number of hydrogen-bond acceptors (Lipinski definition) is 2. The van der Waals surface area contributed by atoms with Crippen LogP contribution in [0.25, 0.3) is 0 Å².